The zero-order valence-electron chi connectivity index (χ0n) is 12.4. The van der Waals surface area contributed by atoms with Crippen LogP contribution < -0.4 is 5.32 Å². The minimum atomic E-state index is -0.738. The van der Waals surface area contributed by atoms with Gasteiger partial charge in [0.15, 0.2) is 0 Å². The third-order valence-electron chi connectivity index (χ3n) is 4.38. The van der Waals surface area contributed by atoms with Gasteiger partial charge in [-0.3, -0.25) is 9.78 Å². The van der Waals surface area contributed by atoms with Gasteiger partial charge in [-0.25, -0.2) is 0 Å². The molecule has 2 aromatic rings. The van der Waals surface area contributed by atoms with Crippen molar-refractivity contribution in [2.24, 2.45) is 5.92 Å². The summed E-state index contributed by atoms with van der Waals surface area (Å²) in [6.07, 6.45) is 6.74. The van der Waals surface area contributed by atoms with Gasteiger partial charge in [-0.2, -0.15) is 0 Å². The monoisotopic (exact) mass is 296 g/mol. The molecule has 1 aliphatic carbocycles. The van der Waals surface area contributed by atoms with Crippen LogP contribution in [-0.2, 0) is 11.3 Å². The van der Waals surface area contributed by atoms with E-state index in [1.165, 1.54) is 0 Å². The summed E-state index contributed by atoms with van der Waals surface area (Å²) in [5.41, 5.74) is 3.37. The topological polar surface area (TPSA) is 62.2 Å². The molecule has 1 aromatic carbocycles. The highest BCUT2D eigenvalue weighted by Gasteiger charge is 2.31. The minimum Gasteiger partial charge on any atom is -0.480 e. The smallest absolute Gasteiger partial charge is 0.320 e. The highest BCUT2D eigenvalue weighted by atomic mass is 16.4. The van der Waals surface area contributed by atoms with Crippen LogP contribution in [0.25, 0.3) is 11.1 Å². The second-order valence-electron chi connectivity index (χ2n) is 5.82. The molecule has 1 saturated carbocycles. The lowest BCUT2D eigenvalue weighted by Gasteiger charge is -2.31. The first-order valence-electron chi connectivity index (χ1n) is 7.69. The number of hydrogen-bond donors (Lipinski definition) is 2. The molecular weight excluding hydrogens is 276 g/mol. The van der Waals surface area contributed by atoms with Crippen LogP contribution in [0, 0.1) is 5.92 Å². The Kier molecular flexibility index (Phi) is 4.49. The van der Waals surface area contributed by atoms with Gasteiger partial charge >= 0.3 is 5.97 Å². The van der Waals surface area contributed by atoms with E-state index >= 15 is 0 Å². The van der Waals surface area contributed by atoms with Crippen molar-refractivity contribution in [2.75, 3.05) is 0 Å². The third-order valence-corrected chi connectivity index (χ3v) is 4.38. The van der Waals surface area contributed by atoms with E-state index in [0.29, 0.717) is 6.54 Å². The molecule has 0 saturated heterocycles. The number of carboxylic acid groups (broad SMARTS) is 1. The molecule has 0 amide bonds. The zero-order chi connectivity index (χ0) is 15.4. The van der Waals surface area contributed by atoms with Crippen LogP contribution in [-0.4, -0.2) is 22.1 Å². The molecule has 1 heterocycles. The van der Waals surface area contributed by atoms with Crippen molar-refractivity contribution < 1.29 is 9.90 Å². The predicted octanol–water partition coefficient (Wildman–Crippen LogP) is 3.09. The van der Waals surface area contributed by atoms with E-state index in [4.69, 9.17) is 0 Å². The molecule has 0 spiro atoms. The number of rotatable bonds is 6. The van der Waals surface area contributed by atoms with Crippen molar-refractivity contribution in [3.8, 4) is 11.1 Å². The molecule has 0 aliphatic heterocycles. The van der Waals surface area contributed by atoms with Gasteiger partial charge in [0.2, 0.25) is 0 Å². The van der Waals surface area contributed by atoms with Gasteiger partial charge in [0.05, 0.1) is 0 Å². The highest BCUT2D eigenvalue weighted by molar-refractivity contribution is 5.74. The number of nitrogens with zero attached hydrogens (tertiary/aromatic N) is 1. The Morgan fingerprint density at radius 2 is 1.77 bits per heavy atom. The molecule has 4 nitrogen and oxygen atoms in total. The van der Waals surface area contributed by atoms with Gasteiger partial charge in [-0.15, -0.1) is 0 Å². The molecule has 0 bridgehead atoms. The van der Waals surface area contributed by atoms with Crippen molar-refractivity contribution in [3.05, 3.63) is 54.4 Å². The fourth-order valence-corrected chi connectivity index (χ4v) is 2.82. The summed E-state index contributed by atoms with van der Waals surface area (Å²) in [5.74, 6) is -0.452. The minimum absolute atomic E-state index is 0.286. The highest BCUT2D eigenvalue weighted by Crippen LogP contribution is 2.30. The van der Waals surface area contributed by atoms with E-state index < -0.39 is 12.0 Å². The summed E-state index contributed by atoms with van der Waals surface area (Å²) in [6.45, 7) is 0.587. The standard InChI is InChI=1S/C18H20N2O2/c21-18(22)17(16-2-1-3-16)20-12-13-4-6-14(7-5-13)15-8-10-19-11-9-15/h4-11,16-17,20H,1-3,12H2,(H,21,22). The molecule has 1 unspecified atom stereocenters. The molecule has 1 atom stereocenters. The largest absolute Gasteiger partial charge is 0.480 e. The van der Waals surface area contributed by atoms with E-state index in [1.807, 2.05) is 24.3 Å². The number of aliphatic carboxylic acids is 1. The molecule has 1 aliphatic rings. The summed E-state index contributed by atoms with van der Waals surface area (Å²) in [5, 5.41) is 12.5. The fourth-order valence-electron chi connectivity index (χ4n) is 2.82. The normalized spacial score (nSPS) is 16.0. The van der Waals surface area contributed by atoms with E-state index in [9.17, 15) is 9.90 Å². The number of benzene rings is 1. The van der Waals surface area contributed by atoms with E-state index in [-0.39, 0.29) is 5.92 Å². The van der Waals surface area contributed by atoms with Gasteiger partial charge in [-0.05, 0) is 47.6 Å². The Morgan fingerprint density at radius 1 is 1.14 bits per heavy atom. The number of hydrogen-bond acceptors (Lipinski definition) is 3. The second-order valence-corrected chi connectivity index (χ2v) is 5.82. The van der Waals surface area contributed by atoms with Crippen LogP contribution in [0.3, 0.4) is 0 Å². The first-order valence-corrected chi connectivity index (χ1v) is 7.69. The average molecular weight is 296 g/mol. The van der Waals surface area contributed by atoms with Gasteiger partial charge in [-0.1, -0.05) is 30.7 Å². The Morgan fingerprint density at radius 3 is 2.32 bits per heavy atom. The molecule has 114 valence electrons. The number of pyridine rings is 1. The molecule has 0 radical (unpaired) electrons. The first kappa shape index (κ1) is 14.7. The number of carbonyl (C=O) groups is 1. The molecule has 4 heteroatoms. The second kappa shape index (κ2) is 6.71. The Labute approximate surface area is 130 Å². The molecule has 2 N–H and O–H groups in total. The summed E-state index contributed by atoms with van der Waals surface area (Å²) in [4.78, 5) is 15.3. The van der Waals surface area contributed by atoms with Crippen LogP contribution in [0.5, 0.6) is 0 Å². The molecule has 3 rings (SSSR count). The lowest BCUT2D eigenvalue weighted by atomic mass is 9.79. The lowest BCUT2D eigenvalue weighted by molar-refractivity contribution is -0.142. The first-order chi connectivity index (χ1) is 10.7. The number of aromatic nitrogens is 1. The Bertz CT molecular complexity index is 621. The van der Waals surface area contributed by atoms with Crippen molar-refractivity contribution in [2.45, 2.75) is 31.8 Å². The van der Waals surface area contributed by atoms with Gasteiger partial charge < -0.3 is 10.4 Å². The summed E-state index contributed by atoms with van der Waals surface area (Å²) in [6, 6.07) is 11.7. The Hall–Kier alpha value is -2.20. The van der Waals surface area contributed by atoms with Crippen LogP contribution in [0.15, 0.2) is 48.8 Å². The van der Waals surface area contributed by atoms with Crippen molar-refractivity contribution in [1.29, 1.82) is 0 Å². The lowest BCUT2D eigenvalue weighted by Crippen LogP contribution is -2.45. The fraction of sp³-hybridized carbons (Fsp3) is 0.333. The van der Waals surface area contributed by atoms with Crippen LogP contribution in [0.4, 0.5) is 0 Å². The maximum Gasteiger partial charge on any atom is 0.320 e. The zero-order valence-corrected chi connectivity index (χ0v) is 12.4. The summed E-state index contributed by atoms with van der Waals surface area (Å²) < 4.78 is 0. The van der Waals surface area contributed by atoms with Gasteiger partial charge in [0.25, 0.3) is 0 Å². The maximum atomic E-state index is 11.3. The SMILES string of the molecule is O=C(O)C(NCc1ccc(-c2ccncc2)cc1)C1CCC1. The maximum absolute atomic E-state index is 11.3. The van der Waals surface area contributed by atoms with Crippen LogP contribution >= 0.6 is 0 Å². The molecular formula is C18H20N2O2. The molecule has 1 aromatic heterocycles. The average Bonchev–Trinajstić information content (AvgIpc) is 2.50. The van der Waals surface area contributed by atoms with E-state index in [1.54, 1.807) is 12.4 Å². The van der Waals surface area contributed by atoms with Crippen molar-refractivity contribution in [1.82, 2.24) is 10.3 Å². The molecule has 1 fully saturated rings. The van der Waals surface area contributed by atoms with Crippen LogP contribution in [0.2, 0.25) is 0 Å². The number of nitrogens with one attached hydrogen (secondary N) is 1. The van der Waals surface area contributed by atoms with Crippen molar-refractivity contribution in [3.63, 3.8) is 0 Å². The van der Waals surface area contributed by atoms with Gasteiger partial charge in [0, 0.05) is 18.9 Å². The number of carboxylic acids is 1. The van der Waals surface area contributed by atoms with E-state index in [2.05, 4.69) is 22.4 Å². The summed E-state index contributed by atoms with van der Waals surface area (Å²) in [7, 11) is 0. The van der Waals surface area contributed by atoms with Crippen LogP contribution in [0.1, 0.15) is 24.8 Å². The van der Waals surface area contributed by atoms with E-state index in [0.717, 1.165) is 36.0 Å². The van der Waals surface area contributed by atoms with Gasteiger partial charge in [0.1, 0.15) is 6.04 Å². The molecule has 22 heavy (non-hydrogen) atoms. The quantitative estimate of drug-likeness (QED) is 0.860. The summed E-state index contributed by atoms with van der Waals surface area (Å²) >= 11 is 0. The Balaban J connectivity index is 1.62. The predicted molar refractivity (Wildman–Crippen MR) is 85.3 cm³/mol. The van der Waals surface area contributed by atoms with Crippen molar-refractivity contribution >= 4 is 5.97 Å². The third kappa shape index (κ3) is 3.34.